The summed E-state index contributed by atoms with van der Waals surface area (Å²) in [5.74, 6) is 3.68. The molecule has 1 aliphatic carbocycles. The Morgan fingerprint density at radius 3 is 2.56 bits per heavy atom. The van der Waals surface area contributed by atoms with Gasteiger partial charge >= 0.3 is 6.09 Å². The summed E-state index contributed by atoms with van der Waals surface area (Å²) in [7, 11) is 0. The summed E-state index contributed by atoms with van der Waals surface area (Å²) in [5, 5.41) is 0. The minimum Gasteiger partial charge on any atom is -0.444 e. The molecule has 1 saturated heterocycles. The molecule has 2 aliphatic rings. The van der Waals surface area contributed by atoms with Crippen molar-refractivity contribution in [1.29, 1.82) is 0 Å². The van der Waals surface area contributed by atoms with Crippen LogP contribution in [0.4, 0.5) is 4.79 Å². The summed E-state index contributed by atoms with van der Waals surface area (Å²) < 4.78 is 5.38. The van der Waals surface area contributed by atoms with Crippen molar-refractivity contribution >= 4 is 6.09 Å². The van der Waals surface area contributed by atoms with E-state index in [0.29, 0.717) is 17.9 Å². The molecule has 0 aromatic rings. The molecule has 1 aliphatic heterocycles. The first-order valence-electron chi connectivity index (χ1n) is 5.86. The second-order valence-electron chi connectivity index (χ2n) is 5.79. The molecule has 0 aromatic heterocycles. The third kappa shape index (κ3) is 2.02. The molecular formula is C13H19NO2. The monoisotopic (exact) mass is 221 g/mol. The van der Waals surface area contributed by atoms with Crippen molar-refractivity contribution in [2.45, 2.75) is 45.3 Å². The highest BCUT2D eigenvalue weighted by molar-refractivity contribution is 5.69. The number of nitrogens with zero attached hydrogens (tertiary/aromatic N) is 1. The summed E-state index contributed by atoms with van der Waals surface area (Å²) >= 11 is 0. The summed E-state index contributed by atoms with van der Waals surface area (Å²) in [6.07, 6.45) is 7.27. The van der Waals surface area contributed by atoms with Crippen LogP contribution in [-0.2, 0) is 4.74 Å². The first kappa shape index (κ1) is 11.3. The van der Waals surface area contributed by atoms with E-state index in [1.165, 1.54) is 0 Å². The van der Waals surface area contributed by atoms with Crippen LogP contribution in [0.5, 0.6) is 0 Å². The van der Waals surface area contributed by atoms with Crippen LogP contribution in [-0.4, -0.2) is 29.2 Å². The van der Waals surface area contributed by atoms with E-state index < -0.39 is 5.60 Å². The molecule has 2 bridgehead atoms. The van der Waals surface area contributed by atoms with Crippen molar-refractivity contribution in [3.05, 3.63) is 0 Å². The summed E-state index contributed by atoms with van der Waals surface area (Å²) in [4.78, 5) is 13.7. The third-order valence-electron chi connectivity index (χ3n) is 3.38. The minimum atomic E-state index is -0.412. The number of hydrogen-bond donors (Lipinski definition) is 0. The van der Waals surface area contributed by atoms with Crippen LogP contribution >= 0.6 is 0 Å². The topological polar surface area (TPSA) is 29.5 Å². The number of piperidine rings is 1. The standard InChI is InChI=1S/C13H19NO2/c1-5-9-6-11-7-10(9)8-14(11)12(15)16-13(2,3)4/h1,9-11H,6-8H2,2-4H3/t9-,10+,11-/m0/s1. The highest BCUT2D eigenvalue weighted by Gasteiger charge is 2.46. The molecule has 0 unspecified atom stereocenters. The number of carbonyl (C=O) groups excluding carboxylic acids is 1. The summed E-state index contributed by atoms with van der Waals surface area (Å²) in [6.45, 7) is 6.45. The fraction of sp³-hybridized carbons (Fsp3) is 0.769. The van der Waals surface area contributed by atoms with Gasteiger partial charge in [0.25, 0.3) is 0 Å². The van der Waals surface area contributed by atoms with Crippen LogP contribution in [0.3, 0.4) is 0 Å². The predicted molar refractivity (Wildman–Crippen MR) is 61.8 cm³/mol. The molecule has 16 heavy (non-hydrogen) atoms. The normalized spacial score (nSPS) is 32.6. The molecule has 0 radical (unpaired) electrons. The average Bonchev–Trinajstić information content (AvgIpc) is 2.72. The van der Waals surface area contributed by atoms with E-state index >= 15 is 0 Å². The van der Waals surface area contributed by atoms with Crippen LogP contribution in [0.15, 0.2) is 0 Å². The number of rotatable bonds is 0. The van der Waals surface area contributed by atoms with Crippen molar-refractivity contribution < 1.29 is 9.53 Å². The van der Waals surface area contributed by atoms with Crippen LogP contribution in [0.25, 0.3) is 0 Å². The van der Waals surface area contributed by atoms with Gasteiger partial charge in [-0.15, -0.1) is 12.3 Å². The maximum Gasteiger partial charge on any atom is 0.410 e. The van der Waals surface area contributed by atoms with Gasteiger partial charge in [-0.3, -0.25) is 0 Å². The van der Waals surface area contributed by atoms with Crippen molar-refractivity contribution in [3.8, 4) is 12.3 Å². The van der Waals surface area contributed by atoms with Gasteiger partial charge in [0.05, 0.1) is 0 Å². The molecule has 3 nitrogen and oxygen atoms in total. The van der Waals surface area contributed by atoms with Gasteiger partial charge in [-0.2, -0.15) is 0 Å². The maximum absolute atomic E-state index is 11.9. The number of carbonyl (C=O) groups is 1. The van der Waals surface area contributed by atoms with E-state index in [4.69, 9.17) is 11.2 Å². The first-order valence-corrected chi connectivity index (χ1v) is 5.86. The Bertz CT molecular complexity index is 337. The van der Waals surface area contributed by atoms with Gasteiger partial charge in [0.15, 0.2) is 0 Å². The number of hydrogen-bond acceptors (Lipinski definition) is 2. The molecule has 0 N–H and O–H groups in total. The van der Waals surface area contributed by atoms with E-state index in [1.807, 2.05) is 25.7 Å². The molecule has 3 heteroatoms. The number of terminal acetylenes is 1. The second-order valence-corrected chi connectivity index (χ2v) is 5.79. The van der Waals surface area contributed by atoms with Crippen molar-refractivity contribution in [1.82, 2.24) is 4.90 Å². The average molecular weight is 221 g/mol. The first-order chi connectivity index (χ1) is 7.40. The summed E-state index contributed by atoms with van der Waals surface area (Å²) in [5.41, 5.74) is -0.412. The number of amides is 1. The minimum absolute atomic E-state index is 0.185. The van der Waals surface area contributed by atoms with Gasteiger partial charge in [-0.05, 0) is 39.5 Å². The molecule has 1 amide bonds. The molecule has 0 spiro atoms. The smallest absolute Gasteiger partial charge is 0.410 e. The lowest BCUT2D eigenvalue weighted by Gasteiger charge is -2.31. The predicted octanol–water partition coefficient (Wildman–Crippen LogP) is 2.27. The molecule has 2 rings (SSSR count). The molecule has 2 fully saturated rings. The Hall–Kier alpha value is -1.17. The second kappa shape index (κ2) is 3.69. The molecule has 0 aromatic carbocycles. The van der Waals surface area contributed by atoms with Gasteiger partial charge in [0, 0.05) is 18.5 Å². The van der Waals surface area contributed by atoms with Gasteiger partial charge in [0.2, 0.25) is 0 Å². The molecule has 88 valence electrons. The van der Waals surface area contributed by atoms with Crippen LogP contribution in [0, 0.1) is 24.2 Å². The van der Waals surface area contributed by atoms with E-state index in [-0.39, 0.29) is 6.09 Å². The fourth-order valence-electron chi connectivity index (χ4n) is 2.70. The largest absolute Gasteiger partial charge is 0.444 e. The summed E-state index contributed by atoms with van der Waals surface area (Å²) in [6, 6.07) is 0.306. The van der Waals surface area contributed by atoms with E-state index in [2.05, 4.69) is 5.92 Å². The van der Waals surface area contributed by atoms with Crippen molar-refractivity contribution in [3.63, 3.8) is 0 Å². The highest BCUT2D eigenvalue weighted by Crippen LogP contribution is 2.42. The van der Waals surface area contributed by atoms with E-state index in [0.717, 1.165) is 19.4 Å². The van der Waals surface area contributed by atoms with Gasteiger partial charge < -0.3 is 9.64 Å². The van der Waals surface area contributed by atoms with Crippen molar-refractivity contribution in [2.75, 3.05) is 6.54 Å². The Labute approximate surface area is 97.1 Å². The van der Waals surface area contributed by atoms with Gasteiger partial charge in [-0.25, -0.2) is 4.79 Å². The quantitative estimate of drug-likeness (QED) is 0.587. The lowest BCUT2D eigenvalue weighted by atomic mass is 9.96. The van der Waals surface area contributed by atoms with Crippen LogP contribution in [0.1, 0.15) is 33.6 Å². The zero-order valence-electron chi connectivity index (χ0n) is 10.2. The Kier molecular flexibility index (Phi) is 2.61. The Morgan fingerprint density at radius 2 is 2.12 bits per heavy atom. The SMILES string of the molecule is C#C[C@H]1C[C@H]2C[C@@H]1CN2C(=O)OC(C)(C)C. The number of likely N-dealkylation sites (tertiary alicyclic amines) is 1. The lowest BCUT2D eigenvalue weighted by molar-refractivity contribution is 0.0176. The van der Waals surface area contributed by atoms with Gasteiger partial charge in [-0.1, -0.05) is 0 Å². The highest BCUT2D eigenvalue weighted by atomic mass is 16.6. The molecule has 1 heterocycles. The Balaban J connectivity index is 1.96. The maximum atomic E-state index is 11.9. The lowest BCUT2D eigenvalue weighted by Crippen LogP contribution is -2.42. The third-order valence-corrected chi connectivity index (χ3v) is 3.38. The molecule has 3 atom stereocenters. The molecular weight excluding hydrogens is 202 g/mol. The van der Waals surface area contributed by atoms with Gasteiger partial charge in [0.1, 0.15) is 5.60 Å². The Morgan fingerprint density at radius 1 is 1.44 bits per heavy atom. The van der Waals surface area contributed by atoms with E-state index in [9.17, 15) is 4.79 Å². The number of fused-ring (bicyclic) bond motifs is 2. The number of ether oxygens (including phenoxy) is 1. The molecule has 1 saturated carbocycles. The van der Waals surface area contributed by atoms with Crippen LogP contribution in [0.2, 0.25) is 0 Å². The fourth-order valence-corrected chi connectivity index (χ4v) is 2.70. The van der Waals surface area contributed by atoms with E-state index in [1.54, 1.807) is 0 Å². The van der Waals surface area contributed by atoms with Crippen LogP contribution < -0.4 is 0 Å². The zero-order chi connectivity index (χ0) is 11.9. The van der Waals surface area contributed by atoms with Crippen molar-refractivity contribution in [2.24, 2.45) is 11.8 Å². The zero-order valence-corrected chi connectivity index (χ0v) is 10.2.